The quantitative estimate of drug-likeness (QED) is 0.287. The van der Waals surface area contributed by atoms with Crippen LogP contribution in [-0.4, -0.2) is 49.9 Å². The highest BCUT2D eigenvalue weighted by Crippen LogP contribution is 2.42. The van der Waals surface area contributed by atoms with Crippen molar-refractivity contribution in [1.29, 1.82) is 0 Å². The SMILES string of the molecule is COC1(c2ncc(S(=O)(=O)c3ccc(/C(C)=N/O)c(C(=O)C(C)(C)C)c3)s2)CCOC1C. The molecule has 0 aliphatic carbocycles. The zero-order chi connectivity index (χ0) is 23.9. The Balaban J connectivity index is 2.10. The first-order valence-electron chi connectivity index (χ1n) is 10.1. The summed E-state index contributed by atoms with van der Waals surface area (Å²) >= 11 is 1.04. The van der Waals surface area contributed by atoms with Gasteiger partial charge in [-0.3, -0.25) is 4.79 Å². The van der Waals surface area contributed by atoms with Gasteiger partial charge in [0.2, 0.25) is 9.84 Å². The van der Waals surface area contributed by atoms with E-state index < -0.39 is 20.9 Å². The number of hydrogen-bond donors (Lipinski definition) is 1. The number of thiazole rings is 1. The van der Waals surface area contributed by atoms with E-state index in [1.165, 1.54) is 24.4 Å². The number of benzene rings is 1. The molecule has 1 aromatic heterocycles. The molecule has 2 heterocycles. The first-order chi connectivity index (χ1) is 14.9. The number of carbonyl (C=O) groups is 1. The van der Waals surface area contributed by atoms with Gasteiger partial charge in [0.1, 0.15) is 14.8 Å². The number of nitrogens with zero attached hydrogens (tertiary/aromatic N) is 2. The number of carbonyl (C=O) groups excluding carboxylic acids is 1. The fourth-order valence-electron chi connectivity index (χ4n) is 3.71. The maximum atomic E-state index is 13.4. The van der Waals surface area contributed by atoms with E-state index >= 15 is 0 Å². The lowest BCUT2D eigenvalue weighted by Gasteiger charge is -2.28. The summed E-state index contributed by atoms with van der Waals surface area (Å²) in [6, 6.07) is 4.25. The normalized spacial score (nSPS) is 22.3. The summed E-state index contributed by atoms with van der Waals surface area (Å²) in [6.45, 7) is 9.17. The third-order valence-electron chi connectivity index (χ3n) is 5.74. The Morgan fingerprint density at radius 1 is 1.34 bits per heavy atom. The summed E-state index contributed by atoms with van der Waals surface area (Å²) in [5.41, 5.74) is -0.756. The van der Waals surface area contributed by atoms with E-state index in [9.17, 15) is 18.4 Å². The van der Waals surface area contributed by atoms with Crippen molar-refractivity contribution < 1.29 is 27.9 Å². The van der Waals surface area contributed by atoms with Crippen LogP contribution in [0.4, 0.5) is 0 Å². The average molecular weight is 481 g/mol. The zero-order valence-corrected chi connectivity index (χ0v) is 20.6. The molecule has 1 aliphatic heterocycles. The summed E-state index contributed by atoms with van der Waals surface area (Å²) in [4.78, 5) is 17.4. The Kier molecular flexibility index (Phi) is 6.63. The van der Waals surface area contributed by atoms with Crippen molar-refractivity contribution in [2.75, 3.05) is 13.7 Å². The third kappa shape index (κ3) is 4.12. The first-order valence-corrected chi connectivity index (χ1v) is 12.4. The Labute approximate surface area is 192 Å². The van der Waals surface area contributed by atoms with Crippen LogP contribution >= 0.6 is 11.3 Å². The molecule has 0 radical (unpaired) electrons. The molecule has 0 bridgehead atoms. The maximum absolute atomic E-state index is 13.4. The highest BCUT2D eigenvalue weighted by molar-refractivity contribution is 7.93. The van der Waals surface area contributed by atoms with Crippen LogP contribution < -0.4 is 0 Å². The topological polar surface area (TPSA) is 115 Å². The number of rotatable bonds is 6. The minimum absolute atomic E-state index is 0.0306. The Morgan fingerprint density at radius 2 is 2.03 bits per heavy atom. The van der Waals surface area contributed by atoms with E-state index in [0.717, 1.165) is 11.3 Å². The van der Waals surface area contributed by atoms with Crippen molar-refractivity contribution >= 4 is 32.7 Å². The lowest BCUT2D eigenvalue weighted by molar-refractivity contribution is -0.0647. The molecular formula is C22H28N2O6S2. The van der Waals surface area contributed by atoms with E-state index in [-0.39, 0.29) is 32.3 Å². The molecule has 3 rings (SSSR count). The van der Waals surface area contributed by atoms with Crippen LogP contribution in [0.3, 0.4) is 0 Å². The van der Waals surface area contributed by atoms with Gasteiger partial charge in [0.05, 0.1) is 29.5 Å². The fourth-order valence-corrected chi connectivity index (χ4v) is 6.54. The van der Waals surface area contributed by atoms with E-state index in [1.54, 1.807) is 34.8 Å². The molecular weight excluding hydrogens is 452 g/mol. The van der Waals surface area contributed by atoms with Crippen LogP contribution in [0.1, 0.15) is 62.0 Å². The highest BCUT2D eigenvalue weighted by Gasteiger charge is 2.46. The van der Waals surface area contributed by atoms with Gasteiger partial charge in [0.25, 0.3) is 0 Å². The fraction of sp³-hybridized carbons (Fsp3) is 0.500. The molecule has 32 heavy (non-hydrogen) atoms. The van der Waals surface area contributed by atoms with Crippen molar-refractivity contribution in [2.24, 2.45) is 10.6 Å². The highest BCUT2D eigenvalue weighted by atomic mass is 32.2. The lowest BCUT2D eigenvalue weighted by Crippen LogP contribution is -2.35. The van der Waals surface area contributed by atoms with Gasteiger partial charge < -0.3 is 14.7 Å². The predicted molar refractivity (Wildman–Crippen MR) is 121 cm³/mol. The van der Waals surface area contributed by atoms with Crippen LogP contribution in [0, 0.1) is 5.41 Å². The molecule has 2 unspecified atom stereocenters. The van der Waals surface area contributed by atoms with Gasteiger partial charge in [-0.2, -0.15) is 0 Å². The molecule has 1 aliphatic rings. The molecule has 0 spiro atoms. The lowest BCUT2D eigenvalue weighted by atomic mass is 9.84. The second-order valence-electron chi connectivity index (χ2n) is 8.82. The smallest absolute Gasteiger partial charge is 0.217 e. The van der Waals surface area contributed by atoms with Crippen molar-refractivity contribution in [1.82, 2.24) is 4.98 Å². The number of ether oxygens (including phenoxy) is 2. The average Bonchev–Trinajstić information content (AvgIpc) is 3.39. The van der Waals surface area contributed by atoms with Crippen molar-refractivity contribution in [3.8, 4) is 0 Å². The van der Waals surface area contributed by atoms with Crippen LogP contribution in [0.25, 0.3) is 0 Å². The Bertz CT molecular complexity index is 1160. The van der Waals surface area contributed by atoms with Gasteiger partial charge in [-0.1, -0.05) is 32.0 Å². The number of oxime groups is 1. The summed E-state index contributed by atoms with van der Waals surface area (Å²) in [5.74, 6) is -0.257. The minimum atomic E-state index is -3.95. The Morgan fingerprint density at radius 3 is 2.56 bits per heavy atom. The van der Waals surface area contributed by atoms with Crippen molar-refractivity contribution in [2.45, 2.75) is 61.8 Å². The molecule has 1 fully saturated rings. The van der Waals surface area contributed by atoms with E-state index in [1.807, 2.05) is 6.92 Å². The van der Waals surface area contributed by atoms with Crippen LogP contribution in [0.2, 0.25) is 0 Å². The summed E-state index contributed by atoms with van der Waals surface area (Å²) in [6.07, 6.45) is 1.64. The maximum Gasteiger partial charge on any atom is 0.217 e. The standard InChI is InChI=1S/C22H28N2O6S2/c1-13(24-26)16-8-7-15(11-17(16)19(25)21(3,4)5)32(27,28)18-12-23-20(31-18)22(29-6)9-10-30-14(22)2/h7-8,11-12,14,26H,9-10H2,1-6H3/b24-13+. The number of sulfone groups is 1. The summed E-state index contributed by atoms with van der Waals surface area (Å²) in [7, 11) is -2.38. The van der Waals surface area contributed by atoms with E-state index in [0.29, 0.717) is 23.6 Å². The Hall–Kier alpha value is -2.14. The third-order valence-corrected chi connectivity index (χ3v) is 9.11. The monoisotopic (exact) mass is 480 g/mol. The number of ketones is 1. The number of methoxy groups -OCH3 is 1. The van der Waals surface area contributed by atoms with Gasteiger partial charge in [0, 0.05) is 30.1 Å². The molecule has 0 saturated carbocycles. The minimum Gasteiger partial charge on any atom is -0.411 e. The molecule has 1 saturated heterocycles. The largest absolute Gasteiger partial charge is 0.411 e. The van der Waals surface area contributed by atoms with Gasteiger partial charge in [-0.15, -0.1) is 11.3 Å². The van der Waals surface area contributed by atoms with Gasteiger partial charge >= 0.3 is 0 Å². The number of aromatic nitrogens is 1. The van der Waals surface area contributed by atoms with Crippen molar-refractivity contribution in [3.63, 3.8) is 0 Å². The van der Waals surface area contributed by atoms with Crippen molar-refractivity contribution in [3.05, 3.63) is 40.5 Å². The number of hydrogen-bond acceptors (Lipinski definition) is 9. The first kappa shape index (κ1) is 24.5. The van der Waals surface area contributed by atoms with Gasteiger partial charge in [-0.05, 0) is 26.0 Å². The molecule has 10 heteroatoms. The van der Waals surface area contributed by atoms with Crippen LogP contribution in [0.15, 0.2) is 38.7 Å². The second kappa shape index (κ2) is 8.66. The zero-order valence-electron chi connectivity index (χ0n) is 19.0. The van der Waals surface area contributed by atoms with E-state index in [2.05, 4.69) is 10.1 Å². The van der Waals surface area contributed by atoms with Gasteiger partial charge in [0.15, 0.2) is 5.78 Å². The predicted octanol–water partition coefficient (Wildman–Crippen LogP) is 4.05. The number of Topliss-reactive ketones (excluding diaryl/α,β-unsaturated/α-hetero) is 1. The van der Waals surface area contributed by atoms with E-state index in [4.69, 9.17) is 9.47 Å². The molecule has 8 nitrogen and oxygen atoms in total. The molecule has 0 amide bonds. The second-order valence-corrected chi connectivity index (χ2v) is 12.0. The van der Waals surface area contributed by atoms with Crippen LogP contribution in [-0.2, 0) is 24.9 Å². The molecule has 1 N–H and O–H groups in total. The molecule has 1 aromatic carbocycles. The molecule has 2 atom stereocenters. The van der Waals surface area contributed by atoms with Gasteiger partial charge in [-0.25, -0.2) is 13.4 Å². The molecule has 174 valence electrons. The molecule has 2 aromatic rings. The summed E-state index contributed by atoms with van der Waals surface area (Å²) in [5, 5.41) is 12.9. The summed E-state index contributed by atoms with van der Waals surface area (Å²) < 4.78 is 38.2. The van der Waals surface area contributed by atoms with Crippen LogP contribution in [0.5, 0.6) is 0 Å².